The summed E-state index contributed by atoms with van der Waals surface area (Å²) in [7, 11) is 3.22. The number of hydrogen-bond donors (Lipinski definition) is 1. The van der Waals surface area contributed by atoms with Crippen molar-refractivity contribution in [3.8, 4) is 17.2 Å². The van der Waals surface area contributed by atoms with E-state index in [1.165, 1.54) is 0 Å². The van der Waals surface area contributed by atoms with Crippen LogP contribution in [0.5, 0.6) is 17.2 Å². The average Bonchev–Trinajstić information content (AvgIpc) is 3.47. The van der Waals surface area contributed by atoms with Gasteiger partial charge in [-0.3, -0.25) is 9.89 Å². The van der Waals surface area contributed by atoms with Gasteiger partial charge in [0.1, 0.15) is 12.4 Å². The highest BCUT2D eigenvalue weighted by Crippen LogP contribution is 2.31. The summed E-state index contributed by atoms with van der Waals surface area (Å²) >= 11 is 0. The minimum absolute atomic E-state index is 0.00156. The number of carbonyl (C=O) groups is 1. The zero-order chi connectivity index (χ0) is 21.8. The van der Waals surface area contributed by atoms with Crippen LogP contribution in [0.3, 0.4) is 0 Å². The van der Waals surface area contributed by atoms with E-state index in [0.717, 1.165) is 23.4 Å². The Morgan fingerprint density at radius 2 is 1.94 bits per heavy atom. The molecular formula is C24H27N3O4. The molecule has 0 spiro atoms. The summed E-state index contributed by atoms with van der Waals surface area (Å²) in [6.07, 6.45) is 0.873. The molecule has 1 aromatic heterocycles. The van der Waals surface area contributed by atoms with E-state index in [9.17, 15) is 4.79 Å². The van der Waals surface area contributed by atoms with Crippen molar-refractivity contribution in [3.05, 3.63) is 71.0 Å². The Hall–Kier alpha value is -3.48. The molecule has 1 fully saturated rings. The third-order valence-electron chi connectivity index (χ3n) is 5.64. The Morgan fingerprint density at radius 3 is 2.71 bits per heavy atom. The molecule has 2 heterocycles. The number of H-pyrrole nitrogens is 1. The standard InChI is InChI=1S/C24H27N3O4/c1-16-7-6-8-19(23(16)30-3)24(28)27-12-11-17(14-27)20-13-18(25-26-20)15-31-22-10-5-4-9-21(22)29-2/h4-10,13,17H,11-12,14-15H2,1-3H3,(H,25,26)/t17-/m1/s1. The summed E-state index contributed by atoms with van der Waals surface area (Å²) in [6, 6.07) is 15.2. The summed E-state index contributed by atoms with van der Waals surface area (Å²) in [5.74, 6) is 2.21. The lowest BCUT2D eigenvalue weighted by atomic mass is 10.0. The molecule has 0 bridgehead atoms. The smallest absolute Gasteiger partial charge is 0.257 e. The highest BCUT2D eigenvalue weighted by atomic mass is 16.5. The predicted molar refractivity (Wildman–Crippen MR) is 117 cm³/mol. The summed E-state index contributed by atoms with van der Waals surface area (Å²) in [6.45, 7) is 3.64. The largest absolute Gasteiger partial charge is 0.496 e. The van der Waals surface area contributed by atoms with Crippen molar-refractivity contribution in [2.45, 2.75) is 25.9 Å². The number of hydrogen-bond acceptors (Lipinski definition) is 5. The van der Waals surface area contributed by atoms with Gasteiger partial charge in [0.05, 0.1) is 31.2 Å². The second-order valence-corrected chi connectivity index (χ2v) is 7.65. The second kappa shape index (κ2) is 9.12. The lowest BCUT2D eigenvalue weighted by Gasteiger charge is -2.18. The van der Waals surface area contributed by atoms with Crippen molar-refractivity contribution in [1.82, 2.24) is 15.1 Å². The Bertz CT molecular complexity index is 1060. The number of benzene rings is 2. The Balaban J connectivity index is 1.39. The van der Waals surface area contributed by atoms with Gasteiger partial charge < -0.3 is 19.1 Å². The molecule has 0 aliphatic carbocycles. The van der Waals surface area contributed by atoms with Gasteiger partial charge in [0.25, 0.3) is 5.91 Å². The first-order valence-corrected chi connectivity index (χ1v) is 10.3. The maximum absolute atomic E-state index is 13.1. The molecular weight excluding hydrogens is 394 g/mol. The van der Waals surface area contributed by atoms with Crippen LogP contribution in [-0.2, 0) is 6.61 Å². The Morgan fingerprint density at radius 1 is 1.13 bits per heavy atom. The van der Waals surface area contributed by atoms with Crippen molar-refractivity contribution in [3.63, 3.8) is 0 Å². The maximum Gasteiger partial charge on any atom is 0.257 e. The van der Waals surface area contributed by atoms with E-state index in [1.807, 2.05) is 60.4 Å². The second-order valence-electron chi connectivity index (χ2n) is 7.65. The van der Waals surface area contributed by atoms with Crippen LogP contribution < -0.4 is 14.2 Å². The van der Waals surface area contributed by atoms with Gasteiger partial charge >= 0.3 is 0 Å². The Labute approximate surface area is 181 Å². The molecule has 4 rings (SSSR count). The maximum atomic E-state index is 13.1. The fourth-order valence-corrected chi connectivity index (χ4v) is 4.00. The summed E-state index contributed by atoms with van der Waals surface area (Å²) in [4.78, 5) is 14.9. The highest BCUT2D eigenvalue weighted by Gasteiger charge is 2.31. The van der Waals surface area contributed by atoms with Crippen molar-refractivity contribution in [2.75, 3.05) is 27.3 Å². The first kappa shape index (κ1) is 20.8. The minimum Gasteiger partial charge on any atom is -0.496 e. The van der Waals surface area contributed by atoms with Crippen LogP contribution in [0.4, 0.5) is 0 Å². The van der Waals surface area contributed by atoms with Crippen LogP contribution in [0.2, 0.25) is 0 Å². The van der Waals surface area contributed by atoms with Crippen LogP contribution in [0.15, 0.2) is 48.5 Å². The molecule has 1 amide bonds. The van der Waals surface area contributed by atoms with Crippen molar-refractivity contribution in [1.29, 1.82) is 0 Å². The molecule has 31 heavy (non-hydrogen) atoms. The molecule has 7 nitrogen and oxygen atoms in total. The fourth-order valence-electron chi connectivity index (χ4n) is 4.00. The number of nitrogens with zero attached hydrogens (tertiary/aromatic N) is 2. The number of carbonyl (C=O) groups excluding carboxylic acids is 1. The molecule has 1 aliphatic rings. The molecule has 1 saturated heterocycles. The third-order valence-corrected chi connectivity index (χ3v) is 5.64. The summed E-state index contributed by atoms with van der Waals surface area (Å²) in [5, 5.41) is 7.52. The van der Waals surface area contributed by atoms with Gasteiger partial charge in [0.15, 0.2) is 11.5 Å². The number of amides is 1. The SMILES string of the molecule is COc1ccccc1OCc1cc([C@@H]2CCN(C(=O)c3cccc(C)c3OC)C2)n[nH]1. The first-order chi connectivity index (χ1) is 15.1. The third kappa shape index (κ3) is 4.35. The predicted octanol–water partition coefficient (Wildman–Crippen LogP) is 3.94. The lowest BCUT2D eigenvalue weighted by molar-refractivity contribution is 0.0787. The minimum atomic E-state index is -0.00156. The quantitative estimate of drug-likeness (QED) is 0.625. The topological polar surface area (TPSA) is 76.7 Å². The van der Waals surface area contributed by atoms with Gasteiger partial charge in [-0.1, -0.05) is 24.3 Å². The normalized spacial score (nSPS) is 15.7. The molecule has 0 unspecified atom stereocenters. The number of aromatic amines is 1. The van der Waals surface area contributed by atoms with Gasteiger partial charge in [0, 0.05) is 19.0 Å². The monoisotopic (exact) mass is 421 g/mol. The molecule has 0 radical (unpaired) electrons. The van der Waals surface area contributed by atoms with E-state index in [1.54, 1.807) is 14.2 Å². The fraction of sp³-hybridized carbons (Fsp3) is 0.333. The Kier molecular flexibility index (Phi) is 6.11. The van der Waals surface area contributed by atoms with E-state index in [2.05, 4.69) is 10.2 Å². The van der Waals surface area contributed by atoms with Crippen molar-refractivity contribution >= 4 is 5.91 Å². The molecule has 162 valence electrons. The van der Waals surface area contributed by atoms with E-state index >= 15 is 0 Å². The molecule has 3 aromatic rings. The number of ether oxygens (including phenoxy) is 3. The number of aromatic nitrogens is 2. The van der Waals surface area contributed by atoms with Crippen LogP contribution >= 0.6 is 0 Å². The van der Waals surface area contributed by atoms with Gasteiger partial charge in [-0.25, -0.2) is 0 Å². The van der Waals surface area contributed by atoms with Crippen molar-refractivity contribution in [2.24, 2.45) is 0 Å². The molecule has 1 atom stereocenters. The van der Waals surface area contributed by atoms with E-state index in [-0.39, 0.29) is 11.8 Å². The molecule has 0 saturated carbocycles. The van der Waals surface area contributed by atoms with E-state index < -0.39 is 0 Å². The number of likely N-dealkylation sites (tertiary alicyclic amines) is 1. The molecule has 1 N–H and O–H groups in total. The number of rotatable bonds is 7. The van der Waals surface area contributed by atoms with E-state index in [4.69, 9.17) is 14.2 Å². The zero-order valence-electron chi connectivity index (χ0n) is 18.1. The van der Waals surface area contributed by atoms with Crippen LogP contribution in [0, 0.1) is 6.92 Å². The van der Waals surface area contributed by atoms with Crippen molar-refractivity contribution < 1.29 is 19.0 Å². The summed E-state index contributed by atoms with van der Waals surface area (Å²) in [5.41, 5.74) is 3.39. The summed E-state index contributed by atoms with van der Waals surface area (Å²) < 4.78 is 16.7. The zero-order valence-corrected chi connectivity index (χ0v) is 18.1. The molecule has 1 aliphatic heterocycles. The van der Waals surface area contributed by atoms with Crippen LogP contribution in [0.25, 0.3) is 0 Å². The van der Waals surface area contributed by atoms with Gasteiger partial charge in [-0.15, -0.1) is 0 Å². The number of methoxy groups -OCH3 is 2. The lowest BCUT2D eigenvalue weighted by Crippen LogP contribution is -2.29. The first-order valence-electron chi connectivity index (χ1n) is 10.3. The van der Waals surface area contributed by atoms with Gasteiger partial charge in [-0.05, 0) is 43.2 Å². The number of aryl methyl sites for hydroxylation is 1. The number of nitrogens with one attached hydrogen (secondary N) is 1. The van der Waals surface area contributed by atoms with E-state index in [0.29, 0.717) is 42.5 Å². The van der Waals surface area contributed by atoms with Gasteiger partial charge in [0.2, 0.25) is 0 Å². The van der Waals surface area contributed by atoms with Crippen LogP contribution in [0.1, 0.15) is 39.6 Å². The molecule has 2 aromatic carbocycles. The molecule has 7 heteroatoms. The highest BCUT2D eigenvalue weighted by molar-refractivity contribution is 5.97. The van der Waals surface area contributed by atoms with Crippen LogP contribution in [-0.4, -0.2) is 48.3 Å². The average molecular weight is 421 g/mol. The number of para-hydroxylation sites is 3. The van der Waals surface area contributed by atoms with Gasteiger partial charge in [-0.2, -0.15) is 5.10 Å².